The minimum absolute atomic E-state index is 0.225. The zero-order valence-electron chi connectivity index (χ0n) is 4.39. The predicted octanol–water partition coefficient (Wildman–Crippen LogP) is -0.447. The van der Waals surface area contributed by atoms with Gasteiger partial charge in [-0.2, -0.15) is 0 Å². The van der Waals surface area contributed by atoms with Crippen molar-refractivity contribution in [1.82, 2.24) is 5.10 Å². The van der Waals surface area contributed by atoms with Crippen molar-refractivity contribution in [3.05, 3.63) is 22.3 Å². The summed E-state index contributed by atoms with van der Waals surface area (Å²) in [5, 5.41) is 16.4. The predicted molar refractivity (Wildman–Crippen MR) is 31.8 cm³/mol. The van der Waals surface area contributed by atoms with Crippen molar-refractivity contribution in [2.45, 2.75) is 0 Å². The van der Waals surface area contributed by atoms with E-state index in [2.05, 4.69) is 10.2 Å². The Morgan fingerprint density at radius 3 is 2.89 bits per heavy atom. The lowest BCUT2D eigenvalue weighted by Crippen LogP contribution is -2.11. The van der Waals surface area contributed by atoms with Crippen LogP contribution in [0.15, 0.2) is 17.3 Å². The molecular formula is C4H3N3O2+. The molecule has 0 aromatic heterocycles. The number of rotatable bonds is 0. The maximum absolute atomic E-state index is 9.90. The lowest BCUT2D eigenvalue weighted by atomic mass is 10.5. The Labute approximate surface area is 50.6 Å². The van der Waals surface area contributed by atoms with E-state index in [1.165, 1.54) is 18.4 Å². The first-order valence-corrected chi connectivity index (χ1v) is 2.23. The third kappa shape index (κ3) is 1.18. The summed E-state index contributed by atoms with van der Waals surface area (Å²) in [7, 11) is 0. The largest absolute Gasteiger partial charge is 0.444 e. The molecule has 0 aromatic rings. The number of nitrogens with zero attached hydrogens (tertiary/aromatic N) is 3. The van der Waals surface area contributed by atoms with E-state index in [1.807, 2.05) is 0 Å². The van der Waals surface area contributed by atoms with Gasteiger partial charge in [0.25, 0.3) is 0 Å². The molecule has 0 fully saturated rings. The van der Waals surface area contributed by atoms with Crippen molar-refractivity contribution < 1.29 is 4.92 Å². The summed E-state index contributed by atoms with van der Waals surface area (Å²) in [4.78, 5) is 9.31. The smallest absolute Gasteiger partial charge is 0.358 e. The molecule has 0 N–H and O–H groups in total. The third-order valence-electron chi connectivity index (χ3n) is 0.745. The van der Waals surface area contributed by atoms with Crippen molar-refractivity contribution in [2.24, 2.45) is 5.10 Å². The number of allylic oxidation sites excluding steroid dienone is 1. The molecule has 1 heterocycles. The van der Waals surface area contributed by atoms with E-state index < -0.39 is 4.92 Å². The van der Waals surface area contributed by atoms with Gasteiger partial charge in [0.05, 0.1) is 0 Å². The monoisotopic (exact) mass is 125 g/mol. The SMILES string of the molecule is O=[N+]([O-])C1=N[N+]=CC=C1. The van der Waals surface area contributed by atoms with Gasteiger partial charge in [-0.3, -0.25) is 0 Å². The Kier molecular flexibility index (Phi) is 1.35. The van der Waals surface area contributed by atoms with Gasteiger partial charge in [-0.15, -0.1) is 0 Å². The second kappa shape index (κ2) is 2.17. The van der Waals surface area contributed by atoms with Crippen LogP contribution in [0, 0.1) is 10.1 Å². The number of hydrogen-bond donors (Lipinski definition) is 0. The maximum atomic E-state index is 9.90. The van der Waals surface area contributed by atoms with Gasteiger partial charge < -0.3 is 10.1 Å². The summed E-state index contributed by atoms with van der Waals surface area (Å²) in [6, 6.07) is 0. The van der Waals surface area contributed by atoms with Crippen molar-refractivity contribution >= 4 is 12.1 Å². The van der Waals surface area contributed by atoms with E-state index in [-0.39, 0.29) is 5.84 Å². The molecule has 1 aliphatic rings. The van der Waals surface area contributed by atoms with Crippen LogP contribution in [0.1, 0.15) is 0 Å². The summed E-state index contributed by atoms with van der Waals surface area (Å²) in [6.07, 6.45) is 4.13. The van der Waals surface area contributed by atoms with Crippen molar-refractivity contribution in [1.29, 1.82) is 0 Å². The standard InChI is InChI=1S/C4H3N3O2/c8-7(9)4-2-1-3-5-6-4/h1-3H/q+1. The Morgan fingerprint density at radius 2 is 2.56 bits per heavy atom. The van der Waals surface area contributed by atoms with E-state index in [9.17, 15) is 10.1 Å². The first-order chi connectivity index (χ1) is 4.30. The average molecular weight is 125 g/mol. The van der Waals surface area contributed by atoms with Crippen LogP contribution < -0.4 is 5.10 Å². The molecule has 45 valence electrons. The highest BCUT2D eigenvalue weighted by Gasteiger charge is 2.16. The van der Waals surface area contributed by atoms with Gasteiger partial charge in [0.2, 0.25) is 0 Å². The zero-order valence-corrected chi connectivity index (χ0v) is 4.39. The van der Waals surface area contributed by atoms with Crippen LogP contribution in [0.4, 0.5) is 0 Å². The summed E-state index contributed by atoms with van der Waals surface area (Å²) in [5.41, 5.74) is 0. The first kappa shape index (κ1) is 5.61. The van der Waals surface area contributed by atoms with Crippen LogP contribution in [0.5, 0.6) is 0 Å². The van der Waals surface area contributed by atoms with Crippen LogP contribution in [-0.4, -0.2) is 17.0 Å². The Bertz CT molecular complexity index is 216. The molecule has 1 aliphatic heterocycles. The molecule has 0 aromatic carbocycles. The molecule has 9 heavy (non-hydrogen) atoms. The fraction of sp³-hybridized carbons (Fsp3) is 0. The van der Waals surface area contributed by atoms with Gasteiger partial charge in [0.15, 0.2) is 0 Å². The summed E-state index contributed by atoms with van der Waals surface area (Å²) in [6.45, 7) is 0. The van der Waals surface area contributed by atoms with Crippen LogP contribution in [0.2, 0.25) is 0 Å². The molecule has 0 saturated heterocycles. The molecule has 0 spiro atoms. The molecule has 0 atom stereocenters. The Morgan fingerprint density at radius 1 is 1.78 bits per heavy atom. The van der Waals surface area contributed by atoms with Gasteiger partial charge in [0.1, 0.15) is 0 Å². The molecule has 0 amide bonds. The van der Waals surface area contributed by atoms with Crippen molar-refractivity contribution in [2.75, 3.05) is 0 Å². The van der Waals surface area contributed by atoms with Gasteiger partial charge in [0, 0.05) is 12.2 Å². The fourth-order valence-electron chi connectivity index (χ4n) is 0.391. The first-order valence-electron chi connectivity index (χ1n) is 2.23. The number of nitro groups is 1. The molecule has 5 nitrogen and oxygen atoms in total. The molecule has 0 bridgehead atoms. The zero-order chi connectivity index (χ0) is 6.69. The number of amidine groups is 1. The van der Waals surface area contributed by atoms with E-state index >= 15 is 0 Å². The van der Waals surface area contributed by atoms with Crippen LogP contribution in [0.25, 0.3) is 0 Å². The minimum Gasteiger partial charge on any atom is -0.358 e. The summed E-state index contributed by atoms with van der Waals surface area (Å²) >= 11 is 0. The van der Waals surface area contributed by atoms with E-state index in [4.69, 9.17) is 0 Å². The van der Waals surface area contributed by atoms with Crippen molar-refractivity contribution in [3.8, 4) is 0 Å². The fourth-order valence-corrected chi connectivity index (χ4v) is 0.391. The maximum Gasteiger partial charge on any atom is 0.444 e. The molecule has 0 saturated carbocycles. The molecule has 1 radical (unpaired) electrons. The van der Waals surface area contributed by atoms with Crippen LogP contribution in [-0.2, 0) is 0 Å². The second-order valence-electron chi connectivity index (χ2n) is 1.34. The van der Waals surface area contributed by atoms with E-state index in [1.54, 1.807) is 0 Å². The minimum atomic E-state index is -0.590. The Balaban J connectivity index is 2.84. The van der Waals surface area contributed by atoms with Gasteiger partial charge in [-0.25, -0.2) is 0 Å². The molecule has 0 unspecified atom stereocenters. The van der Waals surface area contributed by atoms with Gasteiger partial charge in [-0.05, 0) is 4.92 Å². The Hall–Kier alpha value is -1.52. The van der Waals surface area contributed by atoms with Gasteiger partial charge in [-0.1, -0.05) is 0 Å². The summed E-state index contributed by atoms with van der Waals surface area (Å²) < 4.78 is 0. The highest BCUT2D eigenvalue weighted by molar-refractivity contribution is 5.92. The van der Waals surface area contributed by atoms with Crippen LogP contribution >= 0.6 is 0 Å². The quantitative estimate of drug-likeness (QED) is 0.325. The lowest BCUT2D eigenvalue weighted by Gasteiger charge is -1.83. The van der Waals surface area contributed by atoms with Crippen LogP contribution in [0.3, 0.4) is 0 Å². The van der Waals surface area contributed by atoms with Crippen molar-refractivity contribution in [3.63, 3.8) is 0 Å². The van der Waals surface area contributed by atoms with E-state index in [0.717, 1.165) is 0 Å². The molecular weight excluding hydrogens is 122 g/mol. The highest BCUT2D eigenvalue weighted by atomic mass is 16.6. The molecule has 0 aliphatic carbocycles. The molecule has 1 rings (SSSR count). The third-order valence-corrected chi connectivity index (χ3v) is 0.745. The normalized spacial score (nSPS) is 15.3. The topological polar surface area (TPSA) is 69.6 Å². The van der Waals surface area contributed by atoms with E-state index in [0.29, 0.717) is 0 Å². The second-order valence-corrected chi connectivity index (χ2v) is 1.34. The summed E-state index contributed by atoms with van der Waals surface area (Å²) in [5.74, 6) is -0.225. The average Bonchev–Trinajstić information content (AvgIpc) is 1.90. The van der Waals surface area contributed by atoms with Gasteiger partial charge >= 0.3 is 22.3 Å². The molecule has 5 heteroatoms. The number of hydrogen-bond acceptors (Lipinski definition) is 4. The highest BCUT2D eigenvalue weighted by Crippen LogP contribution is 1.83. The lowest BCUT2D eigenvalue weighted by molar-refractivity contribution is -0.348.